The second-order valence-corrected chi connectivity index (χ2v) is 9.81. The highest BCUT2D eigenvalue weighted by atomic mass is 16.5. The van der Waals surface area contributed by atoms with Crippen molar-refractivity contribution in [3.8, 4) is 0 Å². The minimum absolute atomic E-state index is 0.0184. The standard InChI is InChI=1S/C27H34N6O3/c1-20-6-5-15-33(20,26(34)11-10-25-30-22-8-2-3-9-23(22)31-25)27(35)29-19-24(21-7-4-12-28-18-21)32-13-16-36-17-14-32/h2-4,7-9,12,18,20,24H,5-6,10-11,13-17,19H2,1H3,(H-,29,30,31,35)/p+1/t20-,24?,33?/m1/s1. The monoisotopic (exact) mass is 491 g/mol. The number of rotatable bonds is 7. The molecular formula is C27H35N6O3+. The summed E-state index contributed by atoms with van der Waals surface area (Å²) in [5.74, 6) is 0.737. The van der Waals surface area contributed by atoms with Crippen LogP contribution in [0.2, 0.25) is 0 Å². The summed E-state index contributed by atoms with van der Waals surface area (Å²) in [7, 11) is 0. The van der Waals surface area contributed by atoms with E-state index in [9.17, 15) is 9.59 Å². The zero-order valence-corrected chi connectivity index (χ0v) is 20.9. The number of ether oxygens (including phenoxy) is 1. The summed E-state index contributed by atoms with van der Waals surface area (Å²) in [6.45, 7) is 5.91. The summed E-state index contributed by atoms with van der Waals surface area (Å²) in [5, 5.41) is 3.17. The van der Waals surface area contributed by atoms with Crippen LogP contribution in [0.4, 0.5) is 4.79 Å². The first-order valence-electron chi connectivity index (χ1n) is 12.9. The van der Waals surface area contributed by atoms with Gasteiger partial charge in [-0.25, -0.2) is 14.6 Å². The molecule has 0 bridgehead atoms. The number of nitrogens with zero attached hydrogens (tertiary/aromatic N) is 4. The normalized spacial score (nSPS) is 23.5. The van der Waals surface area contributed by atoms with Crippen molar-refractivity contribution < 1.29 is 18.8 Å². The van der Waals surface area contributed by atoms with Crippen LogP contribution in [0.3, 0.4) is 0 Å². The van der Waals surface area contributed by atoms with Crippen molar-refractivity contribution in [1.82, 2.24) is 25.2 Å². The summed E-state index contributed by atoms with van der Waals surface area (Å²) in [4.78, 5) is 41.9. The van der Waals surface area contributed by atoms with Crippen molar-refractivity contribution in [3.05, 3.63) is 60.2 Å². The largest absolute Gasteiger partial charge is 0.424 e. The number of para-hydroxylation sites is 2. The molecule has 0 radical (unpaired) electrons. The first kappa shape index (κ1) is 24.5. The lowest BCUT2D eigenvalue weighted by Gasteiger charge is -2.36. The molecule has 2 unspecified atom stereocenters. The summed E-state index contributed by atoms with van der Waals surface area (Å²) in [5.41, 5.74) is 2.90. The van der Waals surface area contributed by atoms with E-state index in [0.717, 1.165) is 48.4 Å². The number of nitrogens with one attached hydrogen (secondary N) is 2. The molecule has 4 heterocycles. The number of carbonyl (C=O) groups is 2. The maximum absolute atomic E-state index is 13.7. The van der Waals surface area contributed by atoms with Crippen LogP contribution in [0.1, 0.15) is 43.6 Å². The van der Waals surface area contributed by atoms with Crippen LogP contribution >= 0.6 is 0 Å². The highest BCUT2D eigenvalue weighted by Gasteiger charge is 2.52. The van der Waals surface area contributed by atoms with Crippen molar-refractivity contribution in [2.75, 3.05) is 39.4 Å². The number of fused-ring (bicyclic) bond motifs is 1. The molecule has 3 atom stereocenters. The Hall–Kier alpha value is -3.14. The van der Waals surface area contributed by atoms with Gasteiger partial charge >= 0.3 is 11.9 Å². The van der Waals surface area contributed by atoms with Crippen LogP contribution in [0.15, 0.2) is 48.8 Å². The molecule has 36 heavy (non-hydrogen) atoms. The molecule has 2 fully saturated rings. The minimum Gasteiger partial charge on any atom is -0.379 e. The Morgan fingerprint density at radius 3 is 2.78 bits per heavy atom. The SMILES string of the molecule is C[C@@H]1CCC[N+]1(C(=O)CCc1nc2ccccc2[nH]1)C(=O)NCC(c1cccnc1)N1CCOCC1. The Morgan fingerprint density at radius 1 is 1.22 bits per heavy atom. The molecule has 0 spiro atoms. The van der Waals surface area contributed by atoms with Gasteiger partial charge in [-0.2, -0.15) is 4.48 Å². The second-order valence-electron chi connectivity index (χ2n) is 9.81. The van der Waals surface area contributed by atoms with Crippen molar-refractivity contribution >= 4 is 23.0 Å². The third-order valence-electron chi connectivity index (χ3n) is 7.71. The molecule has 3 amide bonds. The molecule has 5 rings (SSSR count). The Balaban J connectivity index is 1.29. The number of hydrogen-bond donors (Lipinski definition) is 2. The van der Waals surface area contributed by atoms with Gasteiger partial charge in [-0.05, 0) is 30.7 Å². The van der Waals surface area contributed by atoms with Gasteiger partial charge in [0, 0.05) is 51.3 Å². The van der Waals surface area contributed by atoms with E-state index in [1.54, 1.807) is 6.20 Å². The lowest BCUT2D eigenvalue weighted by molar-refractivity contribution is -0.785. The van der Waals surface area contributed by atoms with Gasteiger partial charge in [-0.1, -0.05) is 18.2 Å². The van der Waals surface area contributed by atoms with Crippen LogP contribution in [-0.4, -0.2) is 81.7 Å². The van der Waals surface area contributed by atoms with E-state index in [1.165, 1.54) is 0 Å². The van der Waals surface area contributed by atoms with Crippen molar-refractivity contribution in [3.63, 3.8) is 0 Å². The smallest absolute Gasteiger partial charge is 0.379 e. The number of amides is 3. The van der Waals surface area contributed by atoms with Gasteiger partial charge in [0.1, 0.15) is 11.9 Å². The molecule has 2 aliphatic rings. The van der Waals surface area contributed by atoms with Gasteiger partial charge < -0.3 is 15.0 Å². The molecule has 2 aliphatic heterocycles. The Labute approximate surface area is 211 Å². The zero-order chi connectivity index (χ0) is 25.0. The van der Waals surface area contributed by atoms with E-state index in [-0.39, 0.29) is 34.9 Å². The average molecular weight is 492 g/mol. The maximum Gasteiger partial charge on any atom is 0.424 e. The highest BCUT2D eigenvalue weighted by Crippen LogP contribution is 2.30. The van der Waals surface area contributed by atoms with E-state index >= 15 is 0 Å². The Kier molecular flexibility index (Phi) is 7.41. The van der Waals surface area contributed by atoms with Gasteiger partial charge in [0.05, 0.1) is 43.3 Å². The molecule has 2 aromatic heterocycles. The third kappa shape index (κ3) is 4.91. The van der Waals surface area contributed by atoms with Crippen molar-refractivity contribution in [2.45, 2.75) is 44.7 Å². The van der Waals surface area contributed by atoms with Gasteiger partial charge in [0.25, 0.3) is 0 Å². The predicted molar refractivity (Wildman–Crippen MR) is 136 cm³/mol. The predicted octanol–water partition coefficient (Wildman–Crippen LogP) is 3.20. The molecule has 190 valence electrons. The van der Waals surface area contributed by atoms with Crippen LogP contribution in [0.25, 0.3) is 11.0 Å². The molecule has 2 saturated heterocycles. The Bertz CT molecular complexity index is 1160. The first-order valence-corrected chi connectivity index (χ1v) is 12.9. The number of imidazole rings is 1. The number of likely N-dealkylation sites (tertiary alicyclic amines) is 1. The molecule has 9 heteroatoms. The van der Waals surface area contributed by atoms with Crippen molar-refractivity contribution in [1.29, 1.82) is 0 Å². The number of aryl methyl sites for hydroxylation is 1. The second kappa shape index (κ2) is 10.9. The summed E-state index contributed by atoms with van der Waals surface area (Å²) < 4.78 is 5.40. The highest BCUT2D eigenvalue weighted by molar-refractivity contribution is 5.84. The molecule has 3 aromatic rings. The number of pyridine rings is 1. The van der Waals surface area contributed by atoms with Gasteiger partial charge in [0.2, 0.25) is 0 Å². The zero-order valence-electron chi connectivity index (χ0n) is 20.9. The van der Waals surface area contributed by atoms with Gasteiger partial charge in [-0.15, -0.1) is 0 Å². The summed E-state index contributed by atoms with van der Waals surface area (Å²) >= 11 is 0. The summed E-state index contributed by atoms with van der Waals surface area (Å²) in [6.07, 6.45) is 6.09. The fraction of sp³-hybridized carbons (Fsp3) is 0.481. The van der Waals surface area contributed by atoms with Crippen LogP contribution in [0, 0.1) is 0 Å². The number of morpholine rings is 1. The molecule has 2 N–H and O–H groups in total. The molecule has 9 nitrogen and oxygen atoms in total. The van der Waals surface area contributed by atoms with E-state index in [4.69, 9.17) is 4.74 Å². The molecular weight excluding hydrogens is 456 g/mol. The molecule has 0 aliphatic carbocycles. The summed E-state index contributed by atoms with van der Waals surface area (Å²) in [6, 6.07) is 11.5. The number of carbonyl (C=O) groups excluding carboxylic acids is 2. The number of H-pyrrole nitrogens is 1. The number of urea groups is 1. The fourth-order valence-corrected chi connectivity index (χ4v) is 5.66. The third-order valence-corrected chi connectivity index (χ3v) is 7.71. The van der Waals surface area contributed by atoms with Crippen LogP contribution in [0.5, 0.6) is 0 Å². The minimum atomic E-state index is -0.197. The number of aromatic amines is 1. The van der Waals surface area contributed by atoms with Gasteiger partial charge in [0.15, 0.2) is 0 Å². The number of hydrogen-bond acceptors (Lipinski definition) is 6. The topological polar surface area (TPSA) is 100 Å². The Morgan fingerprint density at radius 2 is 2.06 bits per heavy atom. The van der Waals surface area contributed by atoms with Crippen LogP contribution in [-0.2, 0) is 16.0 Å². The molecule has 0 saturated carbocycles. The quantitative estimate of drug-likeness (QED) is 0.493. The van der Waals surface area contributed by atoms with E-state index in [2.05, 4.69) is 25.2 Å². The number of quaternary nitrogens is 1. The van der Waals surface area contributed by atoms with E-state index < -0.39 is 0 Å². The van der Waals surface area contributed by atoms with Crippen LogP contribution < -0.4 is 5.32 Å². The molecule has 1 aromatic carbocycles. The fourth-order valence-electron chi connectivity index (χ4n) is 5.66. The number of benzene rings is 1. The average Bonchev–Trinajstić information content (AvgIpc) is 3.52. The maximum atomic E-state index is 13.7. The number of imide groups is 1. The lowest BCUT2D eigenvalue weighted by Crippen LogP contribution is -2.63. The number of aromatic nitrogens is 3. The van der Waals surface area contributed by atoms with E-state index in [1.807, 2.05) is 49.5 Å². The lowest BCUT2D eigenvalue weighted by atomic mass is 10.1. The van der Waals surface area contributed by atoms with Crippen molar-refractivity contribution in [2.24, 2.45) is 0 Å². The first-order chi connectivity index (χ1) is 17.6. The van der Waals surface area contributed by atoms with E-state index in [0.29, 0.717) is 32.7 Å². The van der Waals surface area contributed by atoms with Gasteiger partial charge in [-0.3, -0.25) is 9.88 Å².